The molecule has 0 amide bonds. The highest BCUT2D eigenvalue weighted by atomic mass is 16.5. The fourth-order valence-corrected chi connectivity index (χ4v) is 3.52. The van der Waals surface area contributed by atoms with Crippen LogP contribution in [0.4, 0.5) is 11.8 Å². The molecule has 4 aromatic rings. The third kappa shape index (κ3) is 4.18. The molecule has 164 valence electrons. The van der Waals surface area contributed by atoms with Gasteiger partial charge in [0.2, 0.25) is 5.95 Å². The second kappa shape index (κ2) is 8.93. The lowest BCUT2D eigenvalue weighted by Crippen LogP contribution is -2.24. The third-order valence-corrected chi connectivity index (χ3v) is 5.13. The number of rotatable bonds is 7. The molecule has 3 aromatic heterocycles. The first kappa shape index (κ1) is 21.1. The van der Waals surface area contributed by atoms with Crippen molar-refractivity contribution in [2.75, 3.05) is 32.3 Å². The van der Waals surface area contributed by atoms with Gasteiger partial charge in [-0.3, -0.25) is 9.36 Å². The van der Waals surface area contributed by atoms with Gasteiger partial charge in [0.25, 0.3) is 5.56 Å². The van der Waals surface area contributed by atoms with Crippen molar-refractivity contribution in [3.63, 3.8) is 0 Å². The Labute approximate surface area is 184 Å². The highest BCUT2D eigenvalue weighted by molar-refractivity contribution is 5.82. The maximum atomic E-state index is 13.6. The van der Waals surface area contributed by atoms with Crippen molar-refractivity contribution in [2.45, 2.75) is 13.0 Å². The Hall–Kier alpha value is -4.14. The number of benzene rings is 1. The van der Waals surface area contributed by atoms with Crippen LogP contribution in [0.3, 0.4) is 0 Å². The zero-order valence-corrected chi connectivity index (χ0v) is 18.1. The molecule has 0 atom stereocenters. The molecule has 0 bridgehead atoms. The second-order valence-corrected chi connectivity index (χ2v) is 7.14. The lowest BCUT2D eigenvalue weighted by atomic mass is 10.0. The van der Waals surface area contributed by atoms with Crippen LogP contribution in [0.1, 0.15) is 5.69 Å². The number of methoxy groups -OCH3 is 2. The van der Waals surface area contributed by atoms with Crippen LogP contribution in [0.2, 0.25) is 0 Å². The van der Waals surface area contributed by atoms with Crippen LogP contribution in [0, 0.1) is 0 Å². The fourth-order valence-electron chi connectivity index (χ4n) is 3.52. The highest BCUT2D eigenvalue weighted by Crippen LogP contribution is 2.29. The van der Waals surface area contributed by atoms with Gasteiger partial charge in [-0.2, -0.15) is 4.98 Å². The minimum atomic E-state index is -0.183. The molecule has 32 heavy (non-hydrogen) atoms. The number of nitrogen functional groups attached to an aromatic ring is 1. The first-order valence-electron chi connectivity index (χ1n) is 10.1. The standard InChI is InChI=1S/C23H24N6O3/c1-25-23-26-13-15-11-19(14-9-17(31-2)12-18(10-14)32-3)22(30)29(21(15)28-23)8-7-16-5-4-6-20(24)27-16/h4-6,9-13H,7-8H2,1-3H3,(H2,24,27)(H,25,26,28). The van der Waals surface area contributed by atoms with Gasteiger partial charge >= 0.3 is 0 Å². The van der Waals surface area contributed by atoms with Crippen LogP contribution >= 0.6 is 0 Å². The minimum Gasteiger partial charge on any atom is -0.497 e. The number of hydrogen-bond donors (Lipinski definition) is 2. The second-order valence-electron chi connectivity index (χ2n) is 7.14. The number of aryl methyl sites for hydroxylation is 2. The summed E-state index contributed by atoms with van der Waals surface area (Å²) >= 11 is 0. The maximum Gasteiger partial charge on any atom is 0.260 e. The number of nitrogens with one attached hydrogen (secondary N) is 1. The van der Waals surface area contributed by atoms with E-state index < -0.39 is 0 Å². The molecule has 0 aliphatic rings. The van der Waals surface area contributed by atoms with Gasteiger partial charge in [0.1, 0.15) is 23.0 Å². The monoisotopic (exact) mass is 432 g/mol. The Morgan fingerprint density at radius 3 is 2.47 bits per heavy atom. The summed E-state index contributed by atoms with van der Waals surface area (Å²) in [4.78, 5) is 26.8. The van der Waals surface area contributed by atoms with Crippen LogP contribution in [-0.4, -0.2) is 40.8 Å². The van der Waals surface area contributed by atoms with E-state index in [-0.39, 0.29) is 5.56 Å². The summed E-state index contributed by atoms with van der Waals surface area (Å²) in [6.45, 7) is 0.376. The third-order valence-electron chi connectivity index (χ3n) is 5.13. The number of nitrogens with two attached hydrogens (primary N) is 1. The Bertz CT molecular complexity index is 1310. The lowest BCUT2D eigenvalue weighted by Gasteiger charge is -2.14. The molecule has 9 heteroatoms. The molecule has 4 rings (SSSR count). The van der Waals surface area contributed by atoms with Gasteiger partial charge in [0, 0.05) is 48.9 Å². The van der Waals surface area contributed by atoms with Crippen molar-refractivity contribution in [2.24, 2.45) is 0 Å². The summed E-state index contributed by atoms with van der Waals surface area (Å²) in [5.41, 5.74) is 8.14. The molecule has 3 heterocycles. The van der Waals surface area contributed by atoms with E-state index in [0.29, 0.717) is 53.0 Å². The predicted octanol–water partition coefficient (Wildman–Crippen LogP) is 2.74. The number of ether oxygens (including phenoxy) is 2. The molecule has 0 saturated heterocycles. The molecule has 1 aromatic carbocycles. The van der Waals surface area contributed by atoms with Gasteiger partial charge in [-0.05, 0) is 35.9 Å². The van der Waals surface area contributed by atoms with Gasteiger partial charge < -0.3 is 20.5 Å². The van der Waals surface area contributed by atoms with E-state index in [1.165, 1.54) is 0 Å². The van der Waals surface area contributed by atoms with Crippen molar-refractivity contribution in [1.82, 2.24) is 19.5 Å². The summed E-state index contributed by atoms with van der Waals surface area (Å²) in [5, 5.41) is 3.66. The van der Waals surface area contributed by atoms with Crippen molar-refractivity contribution < 1.29 is 9.47 Å². The minimum absolute atomic E-state index is 0.183. The zero-order chi connectivity index (χ0) is 22.7. The molecule has 0 aliphatic heterocycles. The van der Waals surface area contributed by atoms with E-state index in [1.807, 2.05) is 12.1 Å². The van der Waals surface area contributed by atoms with Crippen LogP contribution in [-0.2, 0) is 13.0 Å². The van der Waals surface area contributed by atoms with Crippen molar-refractivity contribution in [1.29, 1.82) is 0 Å². The highest BCUT2D eigenvalue weighted by Gasteiger charge is 2.15. The quantitative estimate of drug-likeness (QED) is 0.458. The summed E-state index contributed by atoms with van der Waals surface area (Å²) in [5.74, 6) is 2.06. The van der Waals surface area contributed by atoms with Gasteiger partial charge in [-0.15, -0.1) is 0 Å². The molecule has 9 nitrogen and oxygen atoms in total. The Morgan fingerprint density at radius 1 is 1.06 bits per heavy atom. The van der Waals surface area contributed by atoms with Crippen LogP contribution in [0.15, 0.2) is 53.5 Å². The maximum absolute atomic E-state index is 13.6. The van der Waals surface area contributed by atoms with E-state index in [0.717, 1.165) is 11.1 Å². The first-order valence-corrected chi connectivity index (χ1v) is 10.1. The summed E-state index contributed by atoms with van der Waals surface area (Å²) in [6, 6.07) is 12.6. The fraction of sp³-hybridized carbons (Fsp3) is 0.217. The van der Waals surface area contributed by atoms with Gasteiger partial charge in [-0.1, -0.05) is 6.07 Å². The summed E-state index contributed by atoms with van der Waals surface area (Å²) < 4.78 is 12.4. The summed E-state index contributed by atoms with van der Waals surface area (Å²) in [7, 11) is 4.88. The van der Waals surface area contributed by atoms with Gasteiger partial charge in [0.15, 0.2) is 0 Å². The smallest absolute Gasteiger partial charge is 0.260 e. The zero-order valence-electron chi connectivity index (χ0n) is 18.1. The van der Waals surface area contributed by atoms with E-state index in [9.17, 15) is 4.79 Å². The Morgan fingerprint density at radius 2 is 1.81 bits per heavy atom. The SMILES string of the molecule is CNc1ncc2cc(-c3cc(OC)cc(OC)c3)c(=O)n(CCc3cccc(N)n3)c2n1. The molecule has 0 fully saturated rings. The first-order chi connectivity index (χ1) is 15.5. The number of anilines is 2. The van der Waals surface area contributed by atoms with E-state index in [2.05, 4.69) is 20.3 Å². The summed E-state index contributed by atoms with van der Waals surface area (Å²) in [6.07, 6.45) is 2.22. The molecule has 3 N–H and O–H groups in total. The normalized spacial score (nSPS) is 10.8. The Kier molecular flexibility index (Phi) is 5.89. The van der Waals surface area contributed by atoms with Gasteiger partial charge in [0.05, 0.1) is 14.2 Å². The van der Waals surface area contributed by atoms with E-state index in [4.69, 9.17) is 15.2 Å². The van der Waals surface area contributed by atoms with Gasteiger partial charge in [-0.25, -0.2) is 9.97 Å². The number of fused-ring (bicyclic) bond motifs is 1. The molecule has 0 aliphatic carbocycles. The topological polar surface area (TPSA) is 117 Å². The van der Waals surface area contributed by atoms with Crippen LogP contribution in [0.5, 0.6) is 11.5 Å². The number of hydrogen-bond acceptors (Lipinski definition) is 8. The predicted molar refractivity (Wildman–Crippen MR) is 124 cm³/mol. The molecule has 0 unspecified atom stereocenters. The van der Waals surface area contributed by atoms with Crippen LogP contribution < -0.4 is 26.1 Å². The van der Waals surface area contributed by atoms with Crippen LogP contribution in [0.25, 0.3) is 22.2 Å². The lowest BCUT2D eigenvalue weighted by molar-refractivity contribution is 0.394. The average Bonchev–Trinajstić information content (AvgIpc) is 2.82. The molecule has 0 radical (unpaired) electrons. The molecular weight excluding hydrogens is 408 g/mol. The molecular formula is C23H24N6O3. The molecule has 0 spiro atoms. The number of aromatic nitrogens is 4. The van der Waals surface area contributed by atoms with Crippen molar-refractivity contribution >= 4 is 22.8 Å². The molecule has 0 saturated carbocycles. The average molecular weight is 432 g/mol. The number of nitrogens with zero attached hydrogens (tertiary/aromatic N) is 4. The number of pyridine rings is 2. The largest absolute Gasteiger partial charge is 0.497 e. The van der Waals surface area contributed by atoms with E-state index in [1.54, 1.807) is 62.4 Å². The van der Waals surface area contributed by atoms with Crippen molar-refractivity contribution in [3.8, 4) is 22.6 Å². The Balaban J connectivity index is 1.88. The van der Waals surface area contributed by atoms with E-state index >= 15 is 0 Å². The van der Waals surface area contributed by atoms with Crippen molar-refractivity contribution in [3.05, 3.63) is 64.7 Å².